The van der Waals surface area contributed by atoms with Gasteiger partial charge in [0, 0.05) is 0 Å². The highest BCUT2D eigenvalue weighted by atomic mass is 16.6. The molecule has 2 N–H and O–H groups in total. The molecule has 0 radical (unpaired) electrons. The zero-order valence-electron chi connectivity index (χ0n) is 12.6. The maximum absolute atomic E-state index is 11.9. The van der Waals surface area contributed by atoms with E-state index in [0.717, 1.165) is 30.4 Å². The molecule has 5 nitrogen and oxygen atoms in total. The summed E-state index contributed by atoms with van der Waals surface area (Å²) in [5, 5.41) is 11.9. The predicted octanol–water partition coefficient (Wildman–Crippen LogP) is 3.29. The van der Waals surface area contributed by atoms with Crippen LogP contribution in [0, 0.1) is 0 Å². The number of nitrogens with one attached hydrogen (secondary N) is 1. The number of carbonyl (C=O) groups is 2. The Morgan fingerprint density at radius 2 is 2.05 bits per heavy atom. The minimum absolute atomic E-state index is 0.192. The summed E-state index contributed by atoms with van der Waals surface area (Å²) in [6.07, 6.45) is 2.18. The van der Waals surface area contributed by atoms with E-state index >= 15 is 0 Å². The lowest BCUT2D eigenvalue weighted by molar-refractivity contribution is 0.0498. The summed E-state index contributed by atoms with van der Waals surface area (Å²) in [5.41, 5.74) is 1.66. The summed E-state index contributed by atoms with van der Waals surface area (Å²) in [4.78, 5) is 23.0. The van der Waals surface area contributed by atoms with Gasteiger partial charge in [0.15, 0.2) is 0 Å². The molecule has 0 aliphatic heterocycles. The Bertz CT molecular complexity index is 560. The Labute approximate surface area is 124 Å². The second kappa shape index (κ2) is 5.76. The zero-order valence-corrected chi connectivity index (χ0v) is 12.6. The molecule has 1 amide bonds. The van der Waals surface area contributed by atoms with Crippen molar-refractivity contribution >= 4 is 12.1 Å². The molecule has 0 spiro atoms. The van der Waals surface area contributed by atoms with E-state index in [4.69, 9.17) is 9.84 Å². The van der Waals surface area contributed by atoms with Crippen LogP contribution in [0.3, 0.4) is 0 Å². The monoisotopic (exact) mass is 291 g/mol. The number of aromatic carboxylic acids is 1. The highest BCUT2D eigenvalue weighted by Crippen LogP contribution is 2.30. The maximum atomic E-state index is 11.9. The molecule has 1 aromatic rings. The molecule has 2 rings (SSSR count). The molecule has 21 heavy (non-hydrogen) atoms. The first-order valence-electron chi connectivity index (χ1n) is 7.12. The summed E-state index contributed by atoms with van der Waals surface area (Å²) >= 11 is 0. The van der Waals surface area contributed by atoms with Crippen LogP contribution in [0.25, 0.3) is 0 Å². The van der Waals surface area contributed by atoms with Gasteiger partial charge in [0.25, 0.3) is 0 Å². The van der Waals surface area contributed by atoms with Crippen molar-refractivity contribution < 1.29 is 19.4 Å². The van der Waals surface area contributed by atoms with Gasteiger partial charge < -0.3 is 15.2 Å². The molecule has 0 saturated carbocycles. The third-order valence-electron chi connectivity index (χ3n) is 3.40. The van der Waals surface area contributed by atoms with Crippen LogP contribution in [0.2, 0.25) is 0 Å². The van der Waals surface area contributed by atoms with Crippen molar-refractivity contribution in [1.82, 2.24) is 5.32 Å². The van der Waals surface area contributed by atoms with Crippen molar-refractivity contribution in [2.45, 2.75) is 51.7 Å². The van der Waals surface area contributed by atoms with Crippen LogP contribution in [0.15, 0.2) is 18.2 Å². The SMILES string of the molecule is CC(C)(C)OC(=O)N[C@@H]1CCCc2ccc(C(=O)O)cc21. The standard InChI is InChI=1S/C16H21NO4/c1-16(2,3)21-15(20)17-13-6-4-5-10-7-8-11(14(18)19)9-12(10)13/h7-9,13H,4-6H2,1-3H3,(H,17,20)(H,18,19)/t13-/m1/s1. The molecule has 1 aliphatic rings. The van der Waals surface area contributed by atoms with Crippen LogP contribution in [0.5, 0.6) is 0 Å². The number of carboxylic acid groups (broad SMARTS) is 1. The number of carbonyl (C=O) groups excluding carboxylic acids is 1. The summed E-state index contributed by atoms with van der Waals surface area (Å²) < 4.78 is 5.27. The third-order valence-corrected chi connectivity index (χ3v) is 3.40. The highest BCUT2D eigenvalue weighted by molar-refractivity contribution is 5.88. The molecular weight excluding hydrogens is 270 g/mol. The Morgan fingerprint density at radius 3 is 2.67 bits per heavy atom. The Morgan fingerprint density at radius 1 is 1.33 bits per heavy atom. The number of alkyl carbamates (subject to hydrolysis) is 1. The van der Waals surface area contributed by atoms with Crippen molar-refractivity contribution in [2.24, 2.45) is 0 Å². The zero-order chi connectivity index (χ0) is 15.6. The topological polar surface area (TPSA) is 75.6 Å². The lowest BCUT2D eigenvalue weighted by atomic mass is 9.86. The minimum atomic E-state index is -0.959. The molecule has 1 aromatic carbocycles. The van der Waals surface area contributed by atoms with Gasteiger partial charge in [-0.3, -0.25) is 0 Å². The van der Waals surface area contributed by atoms with Gasteiger partial charge in [-0.05, 0) is 63.3 Å². The second-order valence-corrected chi connectivity index (χ2v) is 6.31. The smallest absolute Gasteiger partial charge is 0.408 e. The van der Waals surface area contributed by atoms with Gasteiger partial charge >= 0.3 is 12.1 Å². The fraction of sp³-hybridized carbons (Fsp3) is 0.500. The van der Waals surface area contributed by atoms with Crippen LogP contribution in [-0.2, 0) is 11.2 Å². The van der Waals surface area contributed by atoms with E-state index in [-0.39, 0.29) is 11.6 Å². The molecule has 0 heterocycles. The fourth-order valence-corrected chi connectivity index (χ4v) is 2.53. The van der Waals surface area contributed by atoms with Gasteiger partial charge in [-0.1, -0.05) is 6.07 Å². The molecule has 0 saturated heterocycles. The van der Waals surface area contributed by atoms with Crippen molar-refractivity contribution in [3.8, 4) is 0 Å². The van der Waals surface area contributed by atoms with Gasteiger partial charge in [0.1, 0.15) is 5.60 Å². The third kappa shape index (κ3) is 3.97. The predicted molar refractivity (Wildman–Crippen MR) is 78.5 cm³/mol. The molecule has 5 heteroatoms. The highest BCUT2D eigenvalue weighted by Gasteiger charge is 2.25. The van der Waals surface area contributed by atoms with Gasteiger partial charge in [0.05, 0.1) is 11.6 Å². The number of ether oxygens (including phenoxy) is 1. The van der Waals surface area contributed by atoms with Crippen molar-refractivity contribution in [3.63, 3.8) is 0 Å². The lowest BCUT2D eigenvalue weighted by Gasteiger charge is -2.28. The Kier molecular flexibility index (Phi) is 4.21. The van der Waals surface area contributed by atoms with E-state index in [2.05, 4.69) is 5.32 Å². The summed E-state index contributed by atoms with van der Waals surface area (Å²) in [5.74, 6) is -0.959. The quantitative estimate of drug-likeness (QED) is 0.876. The molecule has 0 unspecified atom stereocenters. The molecule has 0 bridgehead atoms. The number of benzene rings is 1. The van der Waals surface area contributed by atoms with Crippen LogP contribution >= 0.6 is 0 Å². The van der Waals surface area contributed by atoms with Crippen molar-refractivity contribution in [2.75, 3.05) is 0 Å². The van der Waals surface area contributed by atoms with Gasteiger partial charge in [0.2, 0.25) is 0 Å². The Hall–Kier alpha value is -2.04. The first-order chi connectivity index (χ1) is 9.76. The average Bonchev–Trinajstić information content (AvgIpc) is 2.36. The molecule has 1 atom stereocenters. The number of fused-ring (bicyclic) bond motifs is 1. The number of amides is 1. The second-order valence-electron chi connectivity index (χ2n) is 6.31. The van der Waals surface area contributed by atoms with E-state index in [1.165, 1.54) is 0 Å². The van der Waals surface area contributed by atoms with E-state index in [0.29, 0.717) is 0 Å². The van der Waals surface area contributed by atoms with Crippen LogP contribution in [0.1, 0.15) is 61.1 Å². The number of carboxylic acids is 1. The van der Waals surface area contributed by atoms with E-state index in [9.17, 15) is 9.59 Å². The first kappa shape index (κ1) is 15.4. The number of rotatable bonds is 2. The van der Waals surface area contributed by atoms with Crippen molar-refractivity contribution in [3.05, 3.63) is 34.9 Å². The molecule has 0 fully saturated rings. The van der Waals surface area contributed by atoms with Crippen molar-refractivity contribution in [1.29, 1.82) is 0 Å². The first-order valence-corrected chi connectivity index (χ1v) is 7.12. The van der Waals surface area contributed by atoms with Gasteiger partial charge in [-0.15, -0.1) is 0 Å². The van der Waals surface area contributed by atoms with Gasteiger partial charge in [-0.25, -0.2) is 9.59 Å². The summed E-state index contributed by atoms with van der Waals surface area (Å²) in [6.45, 7) is 5.43. The molecule has 0 aromatic heterocycles. The number of aryl methyl sites for hydroxylation is 1. The van der Waals surface area contributed by atoms with E-state index in [1.807, 2.05) is 26.8 Å². The largest absolute Gasteiger partial charge is 0.478 e. The molecule has 1 aliphatic carbocycles. The average molecular weight is 291 g/mol. The lowest BCUT2D eigenvalue weighted by Crippen LogP contribution is -2.36. The van der Waals surface area contributed by atoms with E-state index < -0.39 is 17.7 Å². The van der Waals surface area contributed by atoms with E-state index in [1.54, 1.807) is 12.1 Å². The normalized spacial score (nSPS) is 17.8. The number of hydrogen-bond acceptors (Lipinski definition) is 3. The molecule has 114 valence electrons. The minimum Gasteiger partial charge on any atom is -0.478 e. The summed E-state index contributed by atoms with van der Waals surface area (Å²) in [6, 6.07) is 4.90. The van der Waals surface area contributed by atoms with Crippen LogP contribution < -0.4 is 5.32 Å². The fourth-order valence-electron chi connectivity index (χ4n) is 2.53. The van der Waals surface area contributed by atoms with Gasteiger partial charge in [-0.2, -0.15) is 0 Å². The number of hydrogen-bond donors (Lipinski definition) is 2. The maximum Gasteiger partial charge on any atom is 0.408 e. The Balaban J connectivity index is 2.19. The molecular formula is C16H21NO4. The van der Waals surface area contributed by atoms with Crippen LogP contribution in [0.4, 0.5) is 4.79 Å². The summed E-state index contributed by atoms with van der Waals surface area (Å²) in [7, 11) is 0. The van der Waals surface area contributed by atoms with Crippen LogP contribution in [-0.4, -0.2) is 22.8 Å².